The molecule has 1 aliphatic carbocycles. The van der Waals surface area contributed by atoms with Gasteiger partial charge in [-0.05, 0) is 50.0 Å². The van der Waals surface area contributed by atoms with Crippen LogP contribution in [-0.2, 0) is 4.74 Å². The second-order valence-corrected chi connectivity index (χ2v) is 6.02. The van der Waals surface area contributed by atoms with Crippen LogP contribution in [0.2, 0.25) is 0 Å². The molecule has 110 valence electrons. The number of aromatic nitrogens is 1. The van der Waals surface area contributed by atoms with E-state index in [1.165, 1.54) is 12.8 Å². The molecule has 1 atom stereocenters. The average Bonchev–Trinajstić information content (AvgIpc) is 3.22. The highest BCUT2D eigenvalue weighted by atomic mass is 16.5. The maximum Gasteiger partial charge on any atom is 0.253 e. The van der Waals surface area contributed by atoms with Crippen molar-refractivity contribution in [2.45, 2.75) is 51.0 Å². The van der Waals surface area contributed by atoms with Crippen LogP contribution < -0.4 is 5.32 Å². The van der Waals surface area contributed by atoms with Crippen LogP contribution in [0.4, 0.5) is 0 Å². The second kappa shape index (κ2) is 6.00. The van der Waals surface area contributed by atoms with Crippen molar-refractivity contribution in [3.8, 4) is 0 Å². The number of hydrogen-bond donors (Lipinski definition) is 2. The third-order valence-electron chi connectivity index (χ3n) is 4.60. The number of ether oxygens (including phenoxy) is 1. The van der Waals surface area contributed by atoms with Gasteiger partial charge in [-0.1, -0.05) is 6.92 Å². The molecule has 20 heavy (non-hydrogen) atoms. The molecule has 1 aromatic heterocycles. The number of nitrogens with one attached hydrogen (secondary N) is 2. The van der Waals surface area contributed by atoms with Gasteiger partial charge in [0.05, 0.1) is 5.56 Å². The highest BCUT2D eigenvalue weighted by Crippen LogP contribution is 2.40. The molecule has 4 heteroatoms. The maximum atomic E-state index is 12.5. The third kappa shape index (κ3) is 2.90. The Balaban J connectivity index is 1.65. The fraction of sp³-hybridized carbons (Fsp3) is 0.688. The molecule has 2 heterocycles. The van der Waals surface area contributed by atoms with E-state index in [1.54, 1.807) is 0 Å². The number of H-pyrrole nitrogens is 1. The minimum absolute atomic E-state index is 0.0893. The molecule has 3 rings (SSSR count). The highest BCUT2D eigenvalue weighted by Gasteiger charge is 2.30. The molecule has 1 saturated heterocycles. The van der Waals surface area contributed by atoms with Gasteiger partial charge in [-0.2, -0.15) is 0 Å². The molecule has 2 N–H and O–H groups in total. The summed E-state index contributed by atoms with van der Waals surface area (Å²) >= 11 is 0. The van der Waals surface area contributed by atoms with Crippen molar-refractivity contribution in [2.24, 2.45) is 5.92 Å². The van der Waals surface area contributed by atoms with Crippen molar-refractivity contribution in [1.29, 1.82) is 0 Å². The van der Waals surface area contributed by atoms with Crippen LogP contribution in [-0.4, -0.2) is 30.1 Å². The summed E-state index contributed by atoms with van der Waals surface area (Å²) in [5.74, 6) is 1.22. The number of aromatic amines is 1. The molecular formula is C16H24N2O2. The first-order valence-electron chi connectivity index (χ1n) is 7.85. The number of carbonyl (C=O) groups is 1. The van der Waals surface area contributed by atoms with Crippen molar-refractivity contribution >= 4 is 5.91 Å². The Morgan fingerprint density at radius 1 is 1.40 bits per heavy atom. The SMILES string of the molecule is CC[C@@H](NC(=O)c1cc[nH]c1C1CC1)C1CCOCC1. The van der Waals surface area contributed by atoms with Gasteiger partial charge in [0.1, 0.15) is 0 Å². The lowest BCUT2D eigenvalue weighted by atomic mass is 9.90. The van der Waals surface area contributed by atoms with E-state index in [4.69, 9.17) is 4.74 Å². The van der Waals surface area contributed by atoms with E-state index in [-0.39, 0.29) is 11.9 Å². The first-order chi connectivity index (χ1) is 9.79. The van der Waals surface area contributed by atoms with Gasteiger partial charge in [0.15, 0.2) is 0 Å². The first-order valence-corrected chi connectivity index (χ1v) is 7.85. The second-order valence-electron chi connectivity index (χ2n) is 6.02. The van der Waals surface area contributed by atoms with Crippen LogP contribution >= 0.6 is 0 Å². The first kappa shape index (κ1) is 13.7. The Hall–Kier alpha value is -1.29. The number of amides is 1. The van der Waals surface area contributed by atoms with Crippen molar-refractivity contribution in [1.82, 2.24) is 10.3 Å². The largest absolute Gasteiger partial charge is 0.381 e. The number of carbonyl (C=O) groups excluding carboxylic acids is 1. The van der Waals surface area contributed by atoms with Gasteiger partial charge < -0.3 is 15.0 Å². The van der Waals surface area contributed by atoms with E-state index in [2.05, 4.69) is 17.2 Å². The molecule has 0 bridgehead atoms. The molecule has 1 saturated carbocycles. The minimum atomic E-state index is 0.0893. The van der Waals surface area contributed by atoms with Crippen molar-refractivity contribution in [3.05, 3.63) is 23.5 Å². The average molecular weight is 276 g/mol. The Labute approximate surface area is 120 Å². The fourth-order valence-electron chi connectivity index (χ4n) is 3.21. The van der Waals surface area contributed by atoms with Crippen LogP contribution in [0.25, 0.3) is 0 Å². The summed E-state index contributed by atoms with van der Waals surface area (Å²) in [5, 5.41) is 3.25. The zero-order valence-corrected chi connectivity index (χ0v) is 12.2. The molecule has 0 radical (unpaired) electrons. The summed E-state index contributed by atoms with van der Waals surface area (Å²) in [4.78, 5) is 15.7. The summed E-state index contributed by atoms with van der Waals surface area (Å²) in [6, 6.07) is 2.19. The Bertz CT molecular complexity index is 459. The zero-order chi connectivity index (χ0) is 13.9. The van der Waals surface area contributed by atoms with Gasteiger partial charge in [-0.25, -0.2) is 0 Å². The maximum absolute atomic E-state index is 12.5. The van der Waals surface area contributed by atoms with Gasteiger partial charge in [0, 0.05) is 31.1 Å². The van der Waals surface area contributed by atoms with Crippen LogP contribution in [0.5, 0.6) is 0 Å². The Morgan fingerprint density at radius 2 is 2.15 bits per heavy atom. The lowest BCUT2D eigenvalue weighted by Gasteiger charge is -2.30. The van der Waals surface area contributed by atoms with E-state index in [1.807, 2.05) is 12.3 Å². The number of hydrogen-bond acceptors (Lipinski definition) is 2. The topological polar surface area (TPSA) is 54.1 Å². The van der Waals surface area contributed by atoms with Gasteiger partial charge in [-0.3, -0.25) is 4.79 Å². The van der Waals surface area contributed by atoms with Gasteiger partial charge in [0.2, 0.25) is 0 Å². The van der Waals surface area contributed by atoms with Gasteiger partial charge in [0.25, 0.3) is 5.91 Å². The fourth-order valence-corrected chi connectivity index (χ4v) is 3.21. The van der Waals surface area contributed by atoms with Crippen LogP contribution in [0, 0.1) is 5.92 Å². The molecular weight excluding hydrogens is 252 g/mol. The Morgan fingerprint density at radius 3 is 2.80 bits per heavy atom. The van der Waals surface area contributed by atoms with Crippen LogP contribution in [0.15, 0.2) is 12.3 Å². The smallest absolute Gasteiger partial charge is 0.253 e. The molecule has 1 aromatic rings. The minimum Gasteiger partial charge on any atom is -0.381 e. The summed E-state index contributed by atoms with van der Waals surface area (Å²) in [7, 11) is 0. The molecule has 1 amide bonds. The molecule has 0 aromatic carbocycles. The lowest BCUT2D eigenvalue weighted by Crippen LogP contribution is -2.42. The van der Waals surface area contributed by atoms with Crippen LogP contribution in [0.1, 0.15) is 61.0 Å². The molecule has 2 fully saturated rings. The van der Waals surface area contributed by atoms with Crippen molar-refractivity contribution in [3.63, 3.8) is 0 Å². The summed E-state index contributed by atoms with van der Waals surface area (Å²) in [6.45, 7) is 3.81. The van der Waals surface area contributed by atoms with Gasteiger partial charge in [-0.15, -0.1) is 0 Å². The van der Waals surface area contributed by atoms with Crippen molar-refractivity contribution < 1.29 is 9.53 Å². The normalized spacial score (nSPS) is 21.6. The molecule has 0 spiro atoms. The van der Waals surface area contributed by atoms with E-state index in [0.29, 0.717) is 11.8 Å². The van der Waals surface area contributed by atoms with E-state index < -0.39 is 0 Å². The number of rotatable bonds is 5. The van der Waals surface area contributed by atoms with E-state index >= 15 is 0 Å². The molecule has 2 aliphatic rings. The molecule has 0 unspecified atom stereocenters. The van der Waals surface area contributed by atoms with Crippen LogP contribution in [0.3, 0.4) is 0 Å². The highest BCUT2D eigenvalue weighted by molar-refractivity contribution is 5.95. The Kier molecular flexibility index (Phi) is 4.10. The summed E-state index contributed by atoms with van der Waals surface area (Å²) in [6.07, 6.45) is 7.40. The zero-order valence-electron chi connectivity index (χ0n) is 12.2. The van der Waals surface area contributed by atoms with E-state index in [9.17, 15) is 4.79 Å². The molecule has 1 aliphatic heterocycles. The predicted octanol–water partition coefficient (Wildman–Crippen LogP) is 2.83. The summed E-state index contributed by atoms with van der Waals surface area (Å²) < 4.78 is 5.41. The quantitative estimate of drug-likeness (QED) is 0.869. The third-order valence-corrected chi connectivity index (χ3v) is 4.60. The standard InChI is InChI=1S/C16H24N2O2/c1-2-14(11-6-9-20-10-7-11)18-16(19)13-5-8-17-15(13)12-3-4-12/h5,8,11-12,14,17H,2-4,6-7,9-10H2,1H3,(H,18,19)/t14-/m1/s1. The predicted molar refractivity (Wildman–Crippen MR) is 77.9 cm³/mol. The summed E-state index contributed by atoms with van der Waals surface area (Å²) in [5.41, 5.74) is 1.97. The monoisotopic (exact) mass is 276 g/mol. The molecule has 4 nitrogen and oxygen atoms in total. The van der Waals surface area contributed by atoms with Gasteiger partial charge >= 0.3 is 0 Å². The lowest BCUT2D eigenvalue weighted by molar-refractivity contribution is 0.0510. The van der Waals surface area contributed by atoms with Crippen molar-refractivity contribution in [2.75, 3.05) is 13.2 Å². The van der Waals surface area contributed by atoms with E-state index in [0.717, 1.165) is 43.7 Å².